The van der Waals surface area contributed by atoms with E-state index in [-0.39, 0.29) is 5.47 Å². The Morgan fingerprint density at radius 3 is 2.45 bits per heavy atom. The van der Waals surface area contributed by atoms with Gasteiger partial charge in [-0.25, -0.2) is 0 Å². The van der Waals surface area contributed by atoms with Gasteiger partial charge in [0.2, 0.25) is 0 Å². The number of carbonyl (C=O) groups excluding carboxylic acids is 1. The topological polar surface area (TPSA) is 57.5 Å². The fraction of sp³-hybridized carbons (Fsp3) is 0.286. The van der Waals surface area contributed by atoms with Crippen molar-refractivity contribution >= 4 is 12.9 Å². The van der Waals surface area contributed by atoms with E-state index >= 15 is 0 Å². The van der Waals surface area contributed by atoms with E-state index < -0.39 is 12.9 Å². The first-order valence-corrected chi connectivity index (χ1v) is 3.36. The molecule has 0 aromatic rings. The summed E-state index contributed by atoms with van der Waals surface area (Å²) in [6.07, 6.45) is 3.11. The molecule has 2 N–H and O–H groups in total. The highest BCUT2D eigenvalue weighted by atomic mass is 16.4. The summed E-state index contributed by atoms with van der Waals surface area (Å²) < 4.78 is 0. The van der Waals surface area contributed by atoms with E-state index in [1.165, 1.54) is 6.08 Å². The second-order valence-electron chi connectivity index (χ2n) is 2.01. The van der Waals surface area contributed by atoms with Crippen LogP contribution in [0.15, 0.2) is 24.2 Å². The molecule has 60 valence electrons. The Balaban J connectivity index is 4.47. The molecule has 0 spiro atoms. The van der Waals surface area contributed by atoms with Crippen molar-refractivity contribution in [2.24, 2.45) is 0 Å². The van der Waals surface area contributed by atoms with Crippen LogP contribution in [0.3, 0.4) is 0 Å². The van der Waals surface area contributed by atoms with Crippen molar-refractivity contribution in [1.29, 1.82) is 0 Å². The van der Waals surface area contributed by atoms with E-state index in [1.54, 1.807) is 6.92 Å². The van der Waals surface area contributed by atoms with E-state index in [2.05, 4.69) is 6.58 Å². The van der Waals surface area contributed by atoms with Crippen LogP contribution in [0.5, 0.6) is 0 Å². The van der Waals surface area contributed by atoms with Gasteiger partial charge in [0.1, 0.15) is 0 Å². The molecule has 0 aromatic heterocycles. The van der Waals surface area contributed by atoms with Crippen LogP contribution in [0.4, 0.5) is 0 Å². The quantitative estimate of drug-likeness (QED) is 0.445. The van der Waals surface area contributed by atoms with Gasteiger partial charge >= 0.3 is 7.12 Å². The van der Waals surface area contributed by atoms with Gasteiger partial charge in [0.25, 0.3) is 0 Å². The minimum Gasteiger partial charge on any atom is -0.423 e. The molecule has 0 radical (unpaired) electrons. The first-order valence-electron chi connectivity index (χ1n) is 3.36. The molecular weight excluding hydrogens is 143 g/mol. The molecule has 0 saturated heterocycles. The van der Waals surface area contributed by atoms with Gasteiger partial charge in [0.05, 0.1) is 0 Å². The van der Waals surface area contributed by atoms with Gasteiger partial charge in [-0.3, -0.25) is 4.79 Å². The number of hydrogen-bond acceptors (Lipinski definition) is 3. The van der Waals surface area contributed by atoms with Crippen molar-refractivity contribution in [3.05, 3.63) is 24.2 Å². The summed E-state index contributed by atoms with van der Waals surface area (Å²) in [5, 5.41) is 17.3. The van der Waals surface area contributed by atoms with Crippen LogP contribution in [-0.4, -0.2) is 22.9 Å². The Kier molecular flexibility index (Phi) is 4.49. The van der Waals surface area contributed by atoms with Crippen molar-refractivity contribution in [2.75, 3.05) is 0 Å². The molecule has 11 heavy (non-hydrogen) atoms. The van der Waals surface area contributed by atoms with Crippen molar-refractivity contribution in [3.8, 4) is 0 Å². The molecule has 3 nitrogen and oxygen atoms in total. The lowest BCUT2D eigenvalue weighted by Gasteiger charge is -1.99. The smallest absolute Gasteiger partial charge is 0.423 e. The lowest BCUT2D eigenvalue weighted by molar-refractivity contribution is -0.110. The molecule has 0 unspecified atom stereocenters. The molecule has 0 aliphatic heterocycles. The summed E-state index contributed by atoms with van der Waals surface area (Å²) in [6, 6.07) is 0. The molecule has 4 heteroatoms. The minimum absolute atomic E-state index is 0.0116. The van der Waals surface area contributed by atoms with Crippen LogP contribution in [0.2, 0.25) is 0 Å². The molecule has 0 aromatic carbocycles. The van der Waals surface area contributed by atoms with Crippen molar-refractivity contribution in [3.63, 3.8) is 0 Å². The average Bonchev–Trinajstić information content (AvgIpc) is 1.98. The second kappa shape index (κ2) is 4.88. The third-order valence-corrected chi connectivity index (χ3v) is 1.17. The summed E-state index contributed by atoms with van der Waals surface area (Å²) in [4.78, 5) is 10.8. The number of carbonyl (C=O) groups is 1. The predicted octanol–water partition coefficient (Wildman–Crippen LogP) is 0.0899. The van der Waals surface area contributed by atoms with Crippen LogP contribution in [0, 0.1) is 0 Å². The molecule has 0 aliphatic carbocycles. The zero-order valence-corrected chi connectivity index (χ0v) is 6.45. The second-order valence-corrected chi connectivity index (χ2v) is 2.01. The SMILES string of the molecule is C=CC(=O)/C(=C\CC)B(O)O. The fourth-order valence-corrected chi connectivity index (χ4v) is 0.671. The zero-order chi connectivity index (χ0) is 8.85. The highest BCUT2D eigenvalue weighted by Gasteiger charge is 2.18. The maximum absolute atomic E-state index is 10.8. The van der Waals surface area contributed by atoms with Crippen LogP contribution in [0.1, 0.15) is 13.3 Å². The normalized spacial score (nSPS) is 11.0. The van der Waals surface area contributed by atoms with E-state index in [1.807, 2.05) is 0 Å². The monoisotopic (exact) mass is 154 g/mol. The van der Waals surface area contributed by atoms with Gasteiger partial charge in [-0.1, -0.05) is 19.6 Å². The summed E-state index contributed by atoms with van der Waals surface area (Å²) in [6.45, 7) is 5.04. The van der Waals surface area contributed by atoms with Gasteiger partial charge in [-0.2, -0.15) is 0 Å². The standard InChI is InChI=1S/C7H11BO3/c1-3-5-6(8(10)11)7(9)4-2/h4-5,10-11H,2-3H2,1H3/b6-5+. The number of rotatable bonds is 4. The highest BCUT2D eigenvalue weighted by Crippen LogP contribution is 2.00. The Morgan fingerprint density at radius 1 is 1.64 bits per heavy atom. The summed E-state index contributed by atoms with van der Waals surface area (Å²) in [5.41, 5.74) is -0.0116. The summed E-state index contributed by atoms with van der Waals surface area (Å²) in [7, 11) is -1.69. The molecule has 0 fully saturated rings. The summed E-state index contributed by atoms with van der Waals surface area (Å²) >= 11 is 0. The summed E-state index contributed by atoms with van der Waals surface area (Å²) in [5.74, 6) is -0.443. The maximum atomic E-state index is 10.8. The Labute approximate surface area is 66.2 Å². The van der Waals surface area contributed by atoms with Crippen LogP contribution in [-0.2, 0) is 4.79 Å². The fourth-order valence-electron chi connectivity index (χ4n) is 0.671. The number of ketones is 1. The number of allylic oxidation sites excluding steroid dienone is 3. The van der Waals surface area contributed by atoms with Crippen LogP contribution >= 0.6 is 0 Å². The molecule has 0 rings (SSSR count). The largest absolute Gasteiger partial charge is 0.492 e. The Bertz CT molecular complexity index is 184. The first kappa shape index (κ1) is 10.1. The lowest BCUT2D eigenvalue weighted by Crippen LogP contribution is -2.21. The Hall–Kier alpha value is -0.865. The third kappa shape index (κ3) is 3.16. The molecule has 0 atom stereocenters. The van der Waals surface area contributed by atoms with E-state index in [9.17, 15) is 4.79 Å². The van der Waals surface area contributed by atoms with Crippen LogP contribution in [0.25, 0.3) is 0 Å². The predicted molar refractivity (Wildman–Crippen MR) is 43.8 cm³/mol. The third-order valence-electron chi connectivity index (χ3n) is 1.17. The molecule has 0 aliphatic rings. The van der Waals surface area contributed by atoms with Crippen molar-refractivity contribution < 1.29 is 14.8 Å². The lowest BCUT2D eigenvalue weighted by atomic mass is 9.76. The maximum Gasteiger partial charge on any atom is 0.492 e. The van der Waals surface area contributed by atoms with E-state index in [0.29, 0.717) is 6.42 Å². The first-order chi connectivity index (χ1) is 5.13. The zero-order valence-electron chi connectivity index (χ0n) is 6.45. The van der Waals surface area contributed by atoms with Gasteiger partial charge in [-0.05, 0) is 12.5 Å². The molecule has 0 saturated carbocycles. The molecule has 0 amide bonds. The van der Waals surface area contributed by atoms with Gasteiger partial charge in [0, 0.05) is 5.47 Å². The van der Waals surface area contributed by atoms with Gasteiger partial charge < -0.3 is 10.0 Å². The molecule has 0 heterocycles. The molecule has 0 bridgehead atoms. The Morgan fingerprint density at radius 2 is 2.18 bits per heavy atom. The van der Waals surface area contributed by atoms with Crippen molar-refractivity contribution in [1.82, 2.24) is 0 Å². The molecular formula is C7H11BO3. The van der Waals surface area contributed by atoms with E-state index in [4.69, 9.17) is 10.0 Å². The number of hydrogen-bond donors (Lipinski definition) is 2. The van der Waals surface area contributed by atoms with E-state index in [0.717, 1.165) is 6.08 Å². The van der Waals surface area contributed by atoms with Gasteiger partial charge in [-0.15, -0.1) is 0 Å². The van der Waals surface area contributed by atoms with Gasteiger partial charge in [0.15, 0.2) is 5.78 Å². The highest BCUT2D eigenvalue weighted by molar-refractivity contribution is 6.59. The van der Waals surface area contributed by atoms with Crippen molar-refractivity contribution in [2.45, 2.75) is 13.3 Å². The average molecular weight is 154 g/mol. The van der Waals surface area contributed by atoms with Crippen LogP contribution < -0.4 is 0 Å². The minimum atomic E-state index is -1.69.